The van der Waals surface area contributed by atoms with Gasteiger partial charge in [-0.3, -0.25) is 4.79 Å². The molecule has 1 aromatic rings. The van der Waals surface area contributed by atoms with Crippen molar-refractivity contribution in [3.8, 4) is 0 Å². The van der Waals surface area contributed by atoms with Crippen molar-refractivity contribution in [1.29, 1.82) is 0 Å². The number of nitrogens with zero attached hydrogens (tertiary/aromatic N) is 1. The van der Waals surface area contributed by atoms with Crippen molar-refractivity contribution in [2.75, 3.05) is 26.2 Å². The van der Waals surface area contributed by atoms with Crippen molar-refractivity contribution in [3.05, 3.63) is 35.1 Å². The molecule has 2 N–H and O–H groups in total. The molecule has 21 heavy (non-hydrogen) atoms. The number of hydrogen-bond donors (Lipinski definition) is 1. The molecule has 1 aliphatic heterocycles. The fourth-order valence-corrected chi connectivity index (χ4v) is 2.52. The third-order valence-corrected chi connectivity index (χ3v) is 3.79. The minimum atomic E-state index is -0.443. The van der Waals surface area contributed by atoms with Gasteiger partial charge in [-0.05, 0) is 50.4 Å². The van der Waals surface area contributed by atoms with Gasteiger partial charge in [0, 0.05) is 19.7 Å². The van der Waals surface area contributed by atoms with E-state index in [0.717, 1.165) is 24.8 Å². The summed E-state index contributed by atoms with van der Waals surface area (Å²) in [7, 11) is 0. The first-order valence-corrected chi connectivity index (χ1v) is 7.49. The molecule has 2 rings (SSSR count). The number of ether oxygens (including phenoxy) is 1. The monoisotopic (exact) mass is 294 g/mol. The van der Waals surface area contributed by atoms with Crippen molar-refractivity contribution in [3.63, 3.8) is 0 Å². The number of benzene rings is 1. The van der Waals surface area contributed by atoms with Gasteiger partial charge in [-0.2, -0.15) is 0 Å². The summed E-state index contributed by atoms with van der Waals surface area (Å²) in [6.45, 7) is 4.33. The first kappa shape index (κ1) is 15.9. The third-order valence-electron chi connectivity index (χ3n) is 3.79. The van der Waals surface area contributed by atoms with Crippen molar-refractivity contribution in [2.24, 2.45) is 5.73 Å². The molecule has 1 aromatic carbocycles. The molecule has 0 bridgehead atoms. The van der Waals surface area contributed by atoms with Gasteiger partial charge in [0.05, 0.1) is 11.7 Å². The van der Waals surface area contributed by atoms with Crippen molar-refractivity contribution < 1.29 is 13.9 Å². The standard InChI is InChI=1S/C16H23FN2O2/c1-12-3-4-14(15(17)11-12)16(20)19-8-5-13(6-9-19)21-10-2-7-18/h3-4,11,13H,2,5-10,18H2,1H3. The Bertz CT molecular complexity index is 485. The van der Waals surface area contributed by atoms with E-state index in [1.54, 1.807) is 17.0 Å². The lowest BCUT2D eigenvalue weighted by Crippen LogP contribution is -2.41. The molecule has 1 saturated heterocycles. The van der Waals surface area contributed by atoms with E-state index in [1.165, 1.54) is 6.07 Å². The number of halogens is 1. The fraction of sp³-hybridized carbons (Fsp3) is 0.562. The van der Waals surface area contributed by atoms with Gasteiger partial charge in [0.2, 0.25) is 0 Å². The summed E-state index contributed by atoms with van der Waals surface area (Å²) < 4.78 is 19.6. The maximum absolute atomic E-state index is 13.9. The molecule has 0 saturated carbocycles. The number of nitrogens with two attached hydrogens (primary N) is 1. The number of carbonyl (C=O) groups is 1. The Kier molecular flexibility index (Phi) is 5.70. The maximum Gasteiger partial charge on any atom is 0.256 e. The van der Waals surface area contributed by atoms with Crippen LogP contribution in [0.25, 0.3) is 0 Å². The quantitative estimate of drug-likeness (QED) is 0.846. The van der Waals surface area contributed by atoms with Crippen molar-refractivity contribution >= 4 is 5.91 Å². The summed E-state index contributed by atoms with van der Waals surface area (Å²) >= 11 is 0. The molecule has 0 aromatic heterocycles. The average Bonchev–Trinajstić information content (AvgIpc) is 2.48. The van der Waals surface area contributed by atoms with Crippen molar-refractivity contribution in [1.82, 2.24) is 4.90 Å². The SMILES string of the molecule is Cc1ccc(C(=O)N2CCC(OCCCN)CC2)c(F)c1. The normalized spacial score (nSPS) is 16.2. The van der Waals surface area contributed by atoms with E-state index in [9.17, 15) is 9.18 Å². The summed E-state index contributed by atoms with van der Waals surface area (Å²) in [5.74, 6) is -0.672. The van der Waals surface area contributed by atoms with E-state index in [4.69, 9.17) is 10.5 Å². The Hall–Kier alpha value is -1.46. The van der Waals surface area contributed by atoms with Crippen LogP contribution in [0.3, 0.4) is 0 Å². The summed E-state index contributed by atoms with van der Waals surface area (Å²) in [4.78, 5) is 14.0. The number of piperidine rings is 1. The first-order valence-electron chi connectivity index (χ1n) is 7.49. The first-order chi connectivity index (χ1) is 10.1. The molecule has 0 spiro atoms. The van der Waals surface area contributed by atoms with Gasteiger partial charge in [0.1, 0.15) is 5.82 Å². The molecule has 1 fully saturated rings. The van der Waals surface area contributed by atoms with Gasteiger partial charge in [0.15, 0.2) is 0 Å². The predicted octanol–water partition coefficient (Wildman–Crippen LogP) is 2.10. The zero-order valence-corrected chi connectivity index (χ0v) is 12.5. The average molecular weight is 294 g/mol. The van der Waals surface area contributed by atoms with E-state index < -0.39 is 5.82 Å². The highest BCUT2D eigenvalue weighted by Crippen LogP contribution is 2.18. The Balaban J connectivity index is 1.88. The third kappa shape index (κ3) is 4.25. The Morgan fingerprint density at radius 2 is 2.14 bits per heavy atom. The zero-order valence-electron chi connectivity index (χ0n) is 12.5. The van der Waals surface area contributed by atoms with Crippen LogP contribution in [0.2, 0.25) is 0 Å². The Morgan fingerprint density at radius 3 is 2.76 bits per heavy atom. The van der Waals surface area contributed by atoms with Crippen LogP contribution >= 0.6 is 0 Å². The Labute approximate surface area is 125 Å². The van der Waals surface area contributed by atoms with Crippen LogP contribution in [0.4, 0.5) is 4.39 Å². The molecule has 116 valence electrons. The second kappa shape index (κ2) is 7.52. The number of hydrogen-bond acceptors (Lipinski definition) is 3. The summed E-state index contributed by atoms with van der Waals surface area (Å²) in [5.41, 5.74) is 6.40. The molecule has 0 atom stereocenters. The highest BCUT2D eigenvalue weighted by molar-refractivity contribution is 5.94. The maximum atomic E-state index is 13.9. The lowest BCUT2D eigenvalue weighted by atomic mass is 10.1. The van der Waals surface area contributed by atoms with Gasteiger partial charge in [-0.1, -0.05) is 6.07 Å². The van der Waals surface area contributed by atoms with Crippen LogP contribution in [0, 0.1) is 12.7 Å². The smallest absolute Gasteiger partial charge is 0.256 e. The minimum Gasteiger partial charge on any atom is -0.378 e. The molecule has 1 heterocycles. The van der Waals surface area contributed by atoms with E-state index >= 15 is 0 Å². The largest absolute Gasteiger partial charge is 0.378 e. The molecular weight excluding hydrogens is 271 g/mol. The van der Waals surface area contributed by atoms with E-state index in [-0.39, 0.29) is 17.6 Å². The van der Waals surface area contributed by atoms with Crippen molar-refractivity contribution in [2.45, 2.75) is 32.3 Å². The highest BCUT2D eigenvalue weighted by atomic mass is 19.1. The number of rotatable bonds is 5. The summed E-state index contributed by atoms with van der Waals surface area (Å²) in [6.07, 6.45) is 2.63. The minimum absolute atomic E-state index is 0.156. The zero-order chi connectivity index (χ0) is 15.2. The number of aryl methyl sites for hydroxylation is 1. The van der Waals surface area contributed by atoms with Gasteiger partial charge < -0.3 is 15.4 Å². The van der Waals surface area contributed by atoms with E-state index in [2.05, 4.69) is 0 Å². The molecule has 5 heteroatoms. The Morgan fingerprint density at radius 1 is 1.43 bits per heavy atom. The molecule has 4 nitrogen and oxygen atoms in total. The van der Waals surface area contributed by atoms with Gasteiger partial charge in [0.25, 0.3) is 5.91 Å². The predicted molar refractivity (Wildman–Crippen MR) is 79.7 cm³/mol. The summed E-state index contributed by atoms with van der Waals surface area (Å²) in [6, 6.07) is 4.73. The molecule has 0 radical (unpaired) electrons. The van der Waals surface area contributed by atoms with Crippen LogP contribution in [0.15, 0.2) is 18.2 Å². The van der Waals surface area contributed by atoms with Gasteiger partial charge in [-0.15, -0.1) is 0 Å². The second-order valence-corrected chi connectivity index (χ2v) is 5.49. The highest BCUT2D eigenvalue weighted by Gasteiger charge is 2.25. The number of likely N-dealkylation sites (tertiary alicyclic amines) is 1. The van der Waals surface area contributed by atoms with Gasteiger partial charge in [-0.25, -0.2) is 4.39 Å². The van der Waals surface area contributed by atoms with Gasteiger partial charge >= 0.3 is 0 Å². The van der Waals surface area contributed by atoms with Crippen LogP contribution in [-0.2, 0) is 4.74 Å². The lowest BCUT2D eigenvalue weighted by Gasteiger charge is -2.32. The van der Waals surface area contributed by atoms with Crippen LogP contribution in [-0.4, -0.2) is 43.2 Å². The van der Waals surface area contributed by atoms with Crippen LogP contribution in [0.5, 0.6) is 0 Å². The lowest BCUT2D eigenvalue weighted by molar-refractivity contribution is 0.00834. The van der Waals surface area contributed by atoms with E-state index in [0.29, 0.717) is 26.2 Å². The number of amides is 1. The molecular formula is C16H23FN2O2. The van der Waals surface area contributed by atoms with E-state index in [1.807, 2.05) is 6.92 Å². The molecule has 0 aliphatic carbocycles. The second-order valence-electron chi connectivity index (χ2n) is 5.49. The number of carbonyl (C=O) groups excluding carboxylic acids is 1. The topological polar surface area (TPSA) is 55.6 Å². The molecule has 0 unspecified atom stereocenters. The molecule has 1 aliphatic rings. The molecule has 1 amide bonds. The van der Waals surface area contributed by atoms with Crippen LogP contribution < -0.4 is 5.73 Å². The summed E-state index contributed by atoms with van der Waals surface area (Å²) in [5, 5.41) is 0. The van der Waals surface area contributed by atoms with Crippen LogP contribution in [0.1, 0.15) is 35.2 Å². The fourth-order valence-electron chi connectivity index (χ4n) is 2.52.